The van der Waals surface area contributed by atoms with Gasteiger partial charge in [-0.3, -0.25) is 4.79 Å². The Bertz CT molecular complexity index is 612. The van der Waals surface area contributed by atoms with Gasteiger partial charge >= 0.3 is 0 Å². The number of nitrogens with zero attached hydrogens (tertiary/aromatic N) is 3. The molecule has 0 saturated carbocycles. The van der Waals surface area contributed by atoms with Gasteiger partial charge in [0.15, 0.2) is 0 Å². The lowest BCUT2D eigenvalue weighted by molar-refractivity contribution is 0.175. The van der Waals surface area contributed by atoms with Crippen LogP contribution in [0.3, 0.4) is 0 Å². The van der Waals surface area contributed by atoms with Crippen molar-refractivity contribution in [3.8, 4) is 0 Å². The van der Waals surface area contributed by atoms with Crippen molar-refractivity contribution in [2.45, 2.75) is 19.0 Å². The number of fused-ring (bicyclic) bond motifs is 1. The first-order valence-corrected chi connectivity index (χ1v) is 6.57. The average molecular weight is 262 g/mol. The minimum absolute atomic E-state index is 0.000773. The fourth-order valence-corrected chi connectivity index (χ4v) is 2.66. The standard InChI is InChI=1S/C13H18N4O2/c1-14-11(10-3-7-19-9-10)8-16-5-6-17-12(13(16)18)2-4-15-17/h2,4-6,10-11,14H,3,7-9H2,1H3. The van der Waals surface area contributed by atoms with Crippen molar-refractivity contribution in [2.24, 2.45) is 5.92 Å². The fourth-order valence-electron chi connectivity index (χ4n) is 2.66. The minimum Gasteiger partial charge on any atom is -0.381 e. The van der Waals surface area contributed by atoms with E-state index in [1.807, 2.05) is 13.2 Å². The third kappa shape index (κ3) is 2.29. The van der Waals surface area contributed by atoms with Gasteiger partial charge in [0, 0.05) is 37.5 Å². The van der Waals surface area contributed by atoms with E-state index in [1.54, 1.807) is 27.5 Å². The molecular weight excluding hydrogens is 244 g/mol. The first kappa shape index (κ1) is 12.4. The second kappa shape index (κ2) is 5.14. The Kier molecular flexibility index (Phi) is 3.35. The van der Waals surface area contributed by atoms with Crippen molar-refractivity contribution in [3.05, 3.63) is 35.0 Å². The topological polar surface area (TPSA) is 60.6 Å². The van der Waals surface area contributed by atoms with Crippen molar-refractivity contribution < 1.29 is 4.74 Å². The molecule has 0 spiro atoms. The molecule has 0 bridgehead atoms. The van der Waals surface area contributed by atoms with Gasteiger partial charge in [0.05, 0.1) is 12.8 Å². The molecule has 19 heavy (non-hydrogen) atoms. The molecule has 6 nitrogen and oxygen atoms in total. The molecule has 2 atom stereocenters. The Morgan fingerprint density at radius 3 is 3.21 bits per heavy atom. The highest BCUT2D eigenvalue weighted by atomic mass is 16.5. The van der Waals surface area contributed by atoms with Crippen molar-refractivity contribution in [1.82, 2.24) is 19.5 Å². The van der Waals surface area contributed by atoms with E-state index in [4.69, 9.17) is 4.74 Å². The van der Waals surface area contributed by atoms with Crippen LogP contribution in [0.15, 0.2) is 29.5 Å². The highest BCUT2D eigenvalue weighted by molar-refractivity contribution is 5.42. The first-order chi connectivity index (χ1) is 9.29. The molecule has 102 valence electrons. The second-order valence-corrected chi connectivity index (χ2v) is 4.94. The van der Waals surface area contributed by atoms with E-state index >= 15 is 0 Å². The number of hydrogen-bond donors (Lipinski definition) is 1. The van der Waals surface area contributed by atoms with Crippen LogP contribution in [0, 0.1) is 5.92 Å². The van der Waals surface area contributed by atoms with Gasteiger partial charge in [-0.15, -0.1) is 0 Å². The number of aromatic nitrogens is 3. The van der Waals surface area contributed by atoms with E-state index in [0.717, 1.165) is 19.6 Å². The Morgan fingerprint density at radius 1 is 1.58 bits per heavy atom. The molecule has 0 amide bonds. The van der Waals surface area contributed by atoms with Crippen molar-refractivity contribution >= 4 is 5.52 Å². The van der Waals surface area contributed by atoms with E-state index in [9.17, 15) is 4.79 Å². The van der Waals surface area contributed by atoms with Crippen LogP contribution in [-0.2, 0) is 11.3 Å². The summed E-state index contributed by atoms with van der Waals surface area (Å²) in [6.45, 7) is 2.25. The maximum absolute atomic E-state index is 12.3. The number of rotatable bonds is 4. The summed E-state index contributed by atoms with van der Waals surface area (Å²) in [6.07, 6.45) is 6.30. The lowest BCUT2D eigenvalue weighted by Crippen LogP contribution is -2.40. The smallest absolute Gasteiger partial charge is 0.276 e. The van der Waals surface area contributed by atoms with Gasteiger partial charge in [0.2, 0.25) is 0 Å². The zero-order chi connectivity index (χ0) is 13.2. The minimum atomic E-state index is -0.000773. The molecular formula is C13H18N4O2. The van der Waals surface area contributed by atoms with E-state index in [1.165, 1.54) is 0 Å². The third-order valence-corrected chi connectivity index (χ3v) is 3.84. The summed E-state index contributed by atoms with van der Waals surface area (Å²) in [5.74, 6) is 0.470. The molecule has 0 aromatic carbocycles. The quantitative estimate of drug-likeness (QED) is 0.850. The highest BCUT2D eigenvalue weighted by Crippen LogP contribution is 2.17. The van der Waals surface area contributed by atoms with Gasteiger partial charge in [0.25, 0.3) is 5.56 Å². The van der Waals surface area contributed by atoms with Gasteiger partial charge in [-0.25, -0.2) is 4.52 Å². The summed E-state index contributed by atoms with van der Waals surface area (Å²) < 4.78 is 8.77. The van der Waals surface area contributed by atoms with Crippen molar-refractivity contribution in [3.63, 3.8) is 0 Å². The lowest BCUT2D eigenvalue weighted by Gasteiger charge is -2.22. The maximum atomic E-state index is 12.3. The predicted molar refractivity (Wildman–Crippen MR) is 71.2 cm³/mol. The molecule has 1 N–H and O–H groups in total. The molecule has 3 rings (SSSR count). The number of nitrogens with one attached hydrogen (secondary N) is 1. The second-order valence-electron chi connectivity index (χ2n) is 4.94. The third-order valence-electron chi connectivity index (χ3n) is 3.84. The fraction of sp³-hybridized carbons (Fsp3) is 0.538. The van der Waals surface area contributed by atoms with Gasteiger partial charge in [-0.05, 0) is 19.5 Å². The lowest BCUT2D eigenvalue weighted by atomic mass is 9.99. The summed E-state index contributed by atoms with van der Waals surface area (Å²) in [7, 11) is 1.94. The Balaban J connectivity index is 1.87. The molecule has 1 aliphatic rings. The summed E-state index contributed by atoms with van der Waals surface area (Å²) >= 11 is 0. The van der Waals surface area contributed by atoms with Crippen LogP contribution in [0.2, 0.25) is 0 Å². The summed E-state index contributed by atoms with van der Waals surface area (Å²) in [6, 6.07) is 2.00. The van der Waals surface area contributed by atoms with Gasteiger partial charge < -0.3 is 14.6 Å². The zero-order valence-corrected chi connectivity index (χ0v) is 11.0. The van der Waals surface area contributed by atoms with E-state index in [2.05, 4.69) is 10.4 Å². The molecule has 1 fully saturated rings. The largest absolute Gasteiger partial charge is 0.381 e. The normalized spacial score (nSPS) is 21.0. The Morgan fingerprint density at radius 2 is 2.47 bits per heavy atom. The highest BCUT2D eigenvalue weighted by Gasteiger charge is 2.25. The molecule has 0 aliphatic carbocycles. The Labute approximate surface area is 111 Å². The zero-order valence-electron chi connectivity index (χ0n) is 11.0. The van der Waals surface area contributed by atoms with Gasteiger partial charge in [-0.1, -0.05) is 0 Å². The Hall–Kier alpha value is -1.66. The van der Waals surface area contributed by atoms with Crippen LogP contribution in [0.25, 0.3) is 5.52 Å². The van der Waals surface area contributed by atoms with Crippen LogP contribution in [0.5, 0.6) is 0 Å². The molecule has 1 saturated heterocycles. The molecule has 0 radical (unpaired) electrons. The summed E-state index contributed by atoms with van der Waals surface area (Å²) in [5, 5.41) is 7.36. The SMILES string of the molecule is CNC(Cn1ccn2nccc2c1=O)C1CCOC1. The molecule has 3 heterocycles. The maximum Gasteiger partial charge on any atom is 0.276 e. The van der Waals surface area contributed by atoms with Gasteiger partial charge in [0.1, 0.15) is 5.52 Å². The van der Waals surface area contributed by atoms with Crippen molar-refractivity contribution in [1.29, 1.82) is 0 Å². The van der Waals surface area contributed by atoms with Crippen LogP contribution in [0.1, 0.15) is 6.42 Å². The van der Waals surface area contributed by atoms with E-state index < -0.39 is 0 Å². The molecule has 6 heteroatoms. The van der Waals surface area contributed by atoms with E-state index in [0.29, 0.717) is 18.0 Å². The van der Waals surface area contributed by atoms with Gasteiger partial charge in [-0.2, -0.15) is 5.10 Å². The van der Waals surface area contributed by atoms with Crippen LogP contribution in [0.4, 0.5) is 0 Å². The average Bonchev–Trinajstić information content (AvgIpc) is 3.09. The number of hydrogen-bond acceptors (Lipinski definition) is 4. The van der Waals surface area contributed by atoms with Crippen LogP contribution in [-0.4, -0.2) is 40.5 Å². The van der Waals surface area contributed by atoms with Crippen molar-refractivity contribution in [2.75, 3.05) is 20.3 Å². The molecule has 2 aromatic heterocycles. The first-order valence-electron chi connectivity index (χ1n) is 6.57. The molecule has 2 aromatic rings. The number of likely N-dealkylation sites (N-methyl/N-ethyl adjacent to an activating group) is 1. The van der Waals surface area contributed by atoms with Crippen LogP contribution >= 0.6 is 0 Å². The van der Waals surface area contributed by atoms with Crippen LogP contribution < -0.4 is 10.9 Å². The molecule has 1 aliphatic heterocycles. The predicted octanol–water partition coefficient (Wildman–Crippen LogP) is 0.120. The van der Waals surface area contributed by atoms with E-state index in [-0.39, 0.29) is 11.6 Å². The summed E-state index contributed by atoms with van der Waals surface area (Å²) in [5.41, 5.74) is 0.610. The number of ether oxygens (including phenoxy) is 1. The summed E-state index contributed by atoms with van der Waals surface area (Å²) in [4.78, 5) is 12.3. The monoisotopic (exact) mass is 262 g/mol. The molecule has 2 unspecified atom stereocenters.